The van der Waals surface area contributed by atoms with E-state index in [1.165, 1.54) is 6.26 Å². The average Bonchev–Trinajstić information content (AvgIpc) is 2.36. The highest BCUT2D eigenvalue weighted by Gasteiger charge is 2.20. The minimum absolute atomic E-state index is 0.0285. The van der Waals surface area contributed by atoms with Gasteiger partial charge in [0.05, 0.1) is 29.0 Å². The maximum atomic E-state index is 11.4. The Morgan fingerprint density at radius 3 is 2.41 bits per heavy atom. The molecule has 0 spiro atoms. The molecule has 0 amide bonds. The van der Waals surface area contributed by atoms with Gasteiger partial charge in [0.25, 0.3) is 0 Å². The summed E-state index contributed by atoms with van der Waals surface area (Å²) in [6, 6.07) is 1.81. The Labute approximate surface area is 131 Å². The molecule has 0 aliphatic rings. The molecule has 0 bridgehead atoms. The summed E-state index contributed by atoms with van der Waals surface area (Å²) in [4.78, 5) is 13.2. The van der Waals surface area contributed by atoms with E-state index in [2.05, 4.69) is 30.7 Å². The number of aromatic nitrogens is 3. The Morgan fingerprint density at radius 1 is 1.14 bits per heavy atom. The first-order chi connectivity index (χ1) is 10.1. The highest BCUT2D eigenvalue weighted by atomic mass is 32.2. The molecule has 0 N–H and O–H groups in total. The molecular weight excluding hydrogens is 298 g/mol. The average molecular weight is 319 g/mol. The third-order valence-corrected chi connectivity index (χ3v) is 4.04. The highest BCUT2D eigenvalue weighted by Crippen LogP contribution is 2.25. The maximum absolute atomic E-state index is 11.4. The van der Waals surface area contributed by atoms with Gasteiger partial charge >= 0.3 is 0 Å². The van der Waals surface area contributed by atoms with Crippen molar-refractivity contribution in [2.45, 2.75) is 38.9 Å². The molecule has 2 aromatic rings. The largest absolute Gasteiger partial charge is 0.264 e. The number of rotatable bonds is 3. The van der Waals surface area contributed by atoms with Crippen molar-refractivity contribution >= 4 is 9.84 Å². The first-order valence-electron chi connectivity index (χ1n) is 7.02. The van der Waals surface area contributed by atoms with Crippen LogP contribution in [0, 0.1) is 6.92 Å². The molecule has 2 heterocycles. The van der Waals surface area contributed by atoms with Crippen LogP contribution in [-0.4, -0.2) is 29.6 Å². The molecule has 2 rings (SSSR count). The standard InChI is InChI=1S/C16H21N3O2S/c1-11-15(16(2,3)4)19-14(9-18-11)13-6-12(7-17-8-13)10-22(5,20)21/h6-9H,10H2,1-5H3. The number of aryl methyl sites for hydroxylation is 1. The zero-order valence-corrected chi connectivity index (χ0v) is 14.4. The molecule has 0 saturated heterocycles. The summed E-state index contributed by atoms with van der Waals surface area (Å²) >= 11 is 0. The fraction of sp³-hybridized carbons (Fsp3) is 0.438. The molecule has 6 heteroatoms. The summed E-state index contributed by atoms with van der Waals surface area (Å²) in [7, 11) is -3.09. The molecule has 0 fully saturated rings. The lowest BCUT2D eigenvalue weighted by atomic mass is 9.90. The van der Waals surface area contributed by atoms with Crippen LogP contribution in [0.1, 0.15) is 37.7 Å². The van der Waals surface area contributed by atoms with Crippen molar-refractivity contribution in [3.8, 4) is 11.3 Å². The van der Waals surface area contributed by atoms with Crippen LogP contribution in [0.15, 0.2) is 24.7 Å². The molecule has 0 saturated carbocycles. The predicted molar refractivity (Wildman–Crippen MR) is 87.2 cm³/mol. The van der Waals surface area contributed by atoms with E-state index in [-0.39, 0.29) is 11.2 Å². The van der Waals surface area contributed by atoms with Crippen LogP contribution in [0.4, 0.5) is 0 Å². The monoisotopic (exact) mass is 319 g/mol. The van der Waals surface area contributed by atoms with Gasteiger partial charge in [0.2, 0.25) is 0 Å². The summed E-state index contributed by atoms with van der Waals surface area (Å²) in [6.07, 6.45) is 6.16. The molecule has 2 aromatic heterocycles. The second-order valence-corrected chi connectivity index (χ2v) is 8.73. The molecular formula is C16H21N3O2S. The lowest BCUT2D eigenvalue weighted by molar-refractivity contribution is 0.560. The highest BCUT2D eigenvalue weighted by molar-refractivity contribution is 7.89. The van der Waals surface area contributed by atoms with E-state index < -0.39 is 9.84 Å². The van der Waals surface area contributed by atoms with Crippen molar-refractivity contribution in [2.24, 2.45) is 0 Å². The summed E-state index contributed by atoms with van der Waals surface area (Å²) in [5.41, 5.74) is 3.86. The maximum Gasteiger partial charge on any atom is 0.151 e. The normalized spacial score (nSPS) is 12.4. The zero-order chi connectivity index (χ0) is 16.5. The minimum atomic E-state index is -3.09. The van der Waals surface area contributed by atoms with Gasteiger partial charge in [0.1, 0.15) is 0 Å². The van der Waals surface area contributed by atoms with E-state index in [0.717, 1.165) is 17.0 Å². The van der Waals surface area contributed by atoms with Crippen molar-refractivity contribution in [3.05, 3.63) is 41.6 Å². The molecule has 0 aromatic carbocycles. The van der Waals surface area contributed by atoms with Crippen LogP contribution >= 0.6 is 0 Å². The zero-order valence-electron chi connectivity index (χ0n) is 13.6. The fourth-order valence-electron chi connectivity index (χ4n) is 2.31. The van der Waals surface area contributed by atoms with Crippen molar-refractivity contribution < 1.29 is 8.42 Å². The first kappa shape index (κ1) is 16.5. The van der Waals surface area contributed by atoms with Crippen molar-refractivity contribution in [1.82, 2.24) is 15.0 Å². The van der Waals surface area contributed by atoms with Crippen LogP contribution in [0.25, 0.3) is 11.3 Å². The number of pyridine rings is 1. The molecule has 0 aliphatic heterocycles. The van der Waals surface area contributed by atoms with Crippen LogP contribution in [0.5, 0.6) is 0 Å². The quantitative estimate of drug-likeness (QED) is 0.869. The van der Waals surface area contributed by atoms with Crippen LogP contribution in [0.2, 0.25) is 0 Å². The number of hydrogen-bond donors (Lipinski definition) is 0. The van der Waals surface area contributed by atoms with E-state index in [4.69, 9.17) is 4.98 Å². The molecule has 118 valence electrons. The number of nitrogens with zero attached hydrogens (tertiary/aromatic N) is 3. The van der Waals surface area contributed by atoms with Crippen LogP contribution < -0.4 is 0 Å². The molecule has 0 unspecified atom stereocenters. The Balaban J connectivity index is 2.47. The predicted octanol–water partition coefficient (Wildman–Crippen LogP) is 2.69. The fourth-order valence-corrected chi connectivity index (χ4v) is 3.07. The topological polar surface area (TPSA) is 72.8 Å². The van der Waals surface area contributed by atoms with Crippen molar-refractivity contribution in [3.63, 3.8) is 0 Å². The lowest BCUT2D eigenvalue weighted by Gasteiger charge is -2.20. The van der Waals surface area contributed by atoms with Gasteiger partial charge in [-0.1, -0.05) is 20.8 Å². The second-order valence-electron chi connectivity index (χ2n) is 6.59. The molecule has 22 heavy (non-hydrogen) atoms. The van der Waals surface area contributed by atoms with Gasteiger partial charge < -0.3 is 0 Å². The number of sulfone groups is 1. The Hall–Kier alpha value is -1.82. The SMILES string of the molecule is Cc1ncc(-c2cncc(CS(C)(=O)=O)c2)nc1C(C)(C)C. The smallest absolute Gasteiger partial charge is 0.151 e. The molecule has 0 aliphatic carbocycles. The summed E-state index contributed by atoms with van der Waals surface area (Å²) in [6.45, 7) is 8.21. The number of hydrogen-bond acceptors (Lipinski definition) is 5. The lowest BCUT2D eigenvalue weighted by Crippen LogP contribution is -2.17. The van der Waals surface area contributed by atoms with Gasteiger partial charge in [-0.2, -0.15) is 0 Å². The molecule has 0 radical (unpaired) electrons. The first-order valence-corrected chi connectivity index (χ1v) is 9.08. The van der Waals surface area contributed by atoms with Gasteiger partial charge in [0.15, 0.2) is 9.84 Å². The van der Waals surface area contributed by atoms with Crippen molar-refractivity contribution in [2.75, 3.05) is 6.26 Å². The minimum Gasteiger partial charge on any atom is -0.264 e. The van der Waals surface area contributed by atoms with E-state index >= 15 is 0 Å². The second kappa shape index (κ2) is 5.76. The summed E-state index contributed by atoms with van der Waals surface area (Å²) < 4.78 is 22.8. The molecule has 5 nitrogen and oxygen atoms in total. The van der Waals surface area contributed by atoms with Gasteiger partial charge in [-0.3, -0.25) is 9.97 Å². The third kappa shape index (κ3) is 4.10. The van der Waals surface area contributed by atoms with E-state index in [1.54, 1.807) is 24.7 Å². The summed E-state index contributed by atoms with van der Waals surface area (Å²) in [5, 5.41) is 0. The third-order valence-electron chi connectivity index (χ3n) is 3.19. The van der Waals surface area contributed by atoms with Crippen LogP contribution in [-0.2, 0) is 21.0 Å². The van der Waals surface area contributed by atoms with E-state index in [9.17, 15) is 8.42 Å². The Morgan fingerprint density at radius 2 is 1.82 bits per heavy atom. The Kier molecular flexibility index (Phi) is 4.33. The van der Waals surface area contributed by atoms with Gasteiger partial charge in [-0.15, -0.1) is 0 Å². The van der Waals surface area contributed by atoms with E-state index in [1.807, 2.05) is 6.92 Å². The van der Waals surface area contributed by atoms with Gasteiger partial charge in [0, 0.05) is 29.6 Å². The van der Waals surface area contributed by atoms with E-state index in [0.29, 0.717) is 11.3 Å². The van der Waals surface area contributed by atoms with Gasteiger partial charge in [-0.05, 0) is 18.6 Å². The van der Waals surface area contributed by atoms with Crippen molar-refractivity contribution in [1.29, 1.82) is 0 Å². The Bertz CT molecular complexity index is 793. The van der Waals surface area contributed by atoms with Crippen LogP contribution in [0.3, 0.4) is 0 Å². The van der Waals surface area contributed by atoms with Gasteiger partial charge in [-0.25, -0.2) is 13.4 Å². The summed E-state index contributed by atoms with van der Waals surface area (Å²) in [5.74, 6) is -0.0285. The molecule has 0 atom stereocenters.